The fraction of sp³-hybridized carbons (Fsp3) is 0.391. The van der Waals surface area contributed by atoms with Gasteiger partial charge in [-0.25, -0.2) is 4.98 Å². The number of benzene rings is 2. The van der Waals surface area contributed by atoms with Crippen LogP contribution in [0.3, 0.4) is 0 Å². The molecular weight excluding hydrogens is 350 g/mol. The molecule has 0 radical (unpaired) electrons. The smallest absolute Gasteiger partial charge is 0.240 e. The molecule has 28 heavy (non-hydrogen) atoms. The number of ether oxygens (including phenoxy) is 1. The number of aryl methyl sites for hydroxylation is 1. The van der Waals surface area contributed by atoms with Gasteiger partial charge in [-0.15, -0.1) is 0 Å². The van der Waals surface area contributed by atoms with Gasteiger partial charge in [-0.2, -0.15) is 0 Å². The Bertz CT molecular complexity index is 957. The minimum absolute atomic E-state index is 0.0199. The number of amides is 1. The van der Waals surface area contributed by atoms with Crippen molar-refractivity contribution >= 4 is 16.9 Å². The van der Waals surface area contributed by atoms with Crippen LogP contribution in [0.4, 0.5) is 0 Å². The summed E-state index contributed by atoms with van der Waals surface area (Å²) in [5.74, 6) is 1.80. The Morgan fingerprint density at radius 2 is 1.89 bits per heavy atom. The number of nitrogens with one attached hydrogen (secondary N) is 1. The van der Waals surface area contributed by atoms with Crippen molar-refractivity contribution in [1.29, 1.82) is 0 Å². The van der Waals surface area contributed by atoms with Crippen LogP contribution in [-0.4, -0.2) is 21.6 Å². The van der Waals surface area contributed by atoms with Crippen LogP contribution in [0.5, 0.6) is 5.75 Å². The van der Waals surface area contributed by atoms with Crippen LogP contribution in [0.2, 0.25) is 0 Å². The van der Waals surface area contributed by atoms with Gasteiger partial charge in [-0.05, 0) is 43.9 Å². The zero-order valence-electron chi connectivity index (χ0n) is 16.4. The first-order valence-corrected chi connectivity index (χ1v) is 10.2. The van der Waals surface area contributed by atoms with Crippen molar-refractivity contribution in [2.75, 3.05) is 0 Å². The molecule has 1 heterocycles. The molecule has 5 nitrogen and oxygen atoms in total. The summed E-state index contributed by atoms with van der Waals surface area (Å²) in [4.78, 5) is 17.3. The summed E-state index contributed by atoms with van der Waals surface area (Å²) in [7, 11) is 0. The van der Waals surface area contributed by atoms with Gasteiger partial charge in [0.1, 0.15) is 18.1 Å². The molecule has 1 aromatic heterocycles. The van der Waals surface area contributed by atoms with Crippen LogP contribution in [-0.2, 0) is 24.3 Å². The van der Waals surface area contributed by atoms with Crippen molar-refractivity contribution in [3.05, 3.63) is 59.9 Å². The first-order valence-electron chi connectivity index (χ1n) is 10.2. The number of rotatable bonds is 7. The van der Waals surface area contributed by atoms with E-state index >= 15 is 0 Å². The second-order valence-corrected chi connectivity index (χ2v) is 7.37. The predicted molar refractivity (Wildman–Crippen MR) is 110 cm³/mol. The monoisotopic (exact) mass is 377 g/mol. The molecule has 1 fully saturated rings. The van der Waals surface area contributed by atoms with Crippen molar-refractivity contribution < 1.29 is 9.53 Å². The lowest BCUT2D eigenvalue weighted by Crippen LogP contribution is -2.28. The van der Waals surface area contributed by atoms with E-state index in [1.165, 1.54) is 12.8 Å². The molecule has 1 aliphatic carbocycles. The molecular formula is C23H27N3O2. The number of para-hydroxylation sites is 3. The Morgan fingerprint density at radius 3 is 2.71 bits per heavy atom. The van der Waals surface area contributed by atoms with E-state index < -0.39 is 0 Å². The topological polar surface area (TPSA) is 56.2 Å². The van der Waals surface area contributed by atoms with E-state index in [1.807, 2.05) is 53.1 Å². The highest BCUT2D eigenvalue weighted by molar-refractivity contribution is 5.81. The molecule has 2 aromatic carbocycles. The second kappa shape index (κ2) is 8.46. The summed E-state index contributed by atoms with van der Waals surface area (Å²) in [6, 6.07) is 15.9. The Balaban J connectivity index is 1.43. The van der Waals surface area contributed by atoms with Gasteiger partial charge in [-0.1, -0.05) is 37.3 Å². The summed E-state index contributed by atoms with van der Waals surface area (Å²) >= 11 is 0. The molecule has 0 aliphatic heterocycles. The van der Waals surface area contributed by atoms with Gasteiger partial charge in [0.15, 0.2) is 0 Å². The predicted octanol–water partition coefficient (Wildman–Crippen LogP) is 4.24. The normalized spacial score (nSPS) is 14.5. The molecule has 1 aliphatic rings. The third-order valence-corrected chi connectivity index (χ3v) is 5.40. The molecule has 0 unspecified atom stereocenters. The molecule has 5 heteroatoms. The highest BCUT2D eigenvalue weighted by Crippen LogP contribution is 2.26. The summed E-state index contributed by atoms with van der Waals surface area (Å²) in [5, 5.41) is 3.05. The summed E-state index contributed by atoms with van der Waals surface area (Å²) in [6.07, 6.45) is 5.81. The van der Waals surface area contributed by atoms with Crippen molar-refractivity contribution in [3.63, 3.8) is 0 Å². The summed E-state index contributed by atoms with van der Waals surface area (Å²) in [5.41, 5.74) is 2.95. The third-order valence-electron chi connectivity index (χ3n) is 5.40. The average molecular weight is 377 g/mol. The average Bonchev–Trinajstić information content (AvgIpc) is 3.35. The van der Waals surface area contributed by atoms with Gasteiger partial charge < -0.3 is 14.6 Å². The van der Waals surface area contributed by atoms with E-state index in [4.69, 9.17) is 4.74 Å². The van der Waals surface area contributed by atoms with Crippen LogP contribution in [0.15, 0.2) is 48.5 Å². The van der Waals surface area contributed by atoms with Crippen LogP contribution in [0.25, 0.3) is 11.0 Å². The first-order chi connectivity index (χ1) is 13.7. The van der Waals surface area contributed by atoms with E-state index in [2.05, 4.69) is 17.2 Å². The fourth-order valence-electron chi connectivity index (χ4n) is 3.92. The summed E-state index contributed by atoms with van der Waals surface area (Å²) < 4.78 is 8.18. The largest absolute Gasteiger partial charge is 0.490 e. The number of aromatic nitrogens is 2. The molecule has 4 rings (SSSR count). The minimum atomic E-state index is -0.0199. The Labute approximate surface area is 165 Å². The Morgan fingerprint density at radius 1 is 1.14 bits per heavy atom. The highest BCUT2D eigenvalue weighted by atomic mass is 16.5. The van der Waals surface area contributed by atoms with E-state index in [1.54, 1.807) is 0 Å². The number of fused-ring (bicyclic) bond motifs is 1. The maximum Gasteiger partial charge on any atom is 0.240 e. The van der Waals surface area contributed by atoms with E-state index in [-0.39, 0.29) is 12.5 Å². The van der Waals surface area contributed by atoms with Gasteiger partial charge in [0.2, 0.25) is 5.91 Å². The zero-order chi connectivity index (χ0) is 19.3. The number of hydrogen-bond donors (Lipinski definition) is 1. The molecule has 0 spiro atoms. The van der Waals surface area contributed by atoms with Crippen LogP contribution < -0.4 is 10.1 Å². The lowest BCUT2D eigenvalue weighted by Gasteiger charge is -2.17. The first kappa shape index (κ1) is 18.5. The van der Waals surface area contributed by atoms with Gasteiger partial charge in [-0.3, -0.25) is 4.79 Å². The Kier molecular flexibility index (Phi) is 5.60. The van der Waals surface area contributed by atoms with E-state index in [0.29, 0.717) is 12.6 Å². The van der Waals surface area contributed by atoms with Crippen molar-refractivity contribution in [3.8, 4) is 5.75 Å². The van der Waals surface area contributed by atoms with Gasteiger partial charge >= 0.3 is 0 Å². The number of carbonyl (C=O) groups excluding carboxylic acids is 1. The minimum Gasteiger partial charge on any atom is -0.490 e. The quantitative estimate of drug-likeness (QED) is 0.670. The molecule has 3 aromatic rings. The Hall–Kier alpha value is -2.82. The number of imidazole rings is 1. The van der Waals surface area contributed by atoms with Crippen molar-refractivity contribution in [1.82, 2.24) is 14.9 Å². The molecule has 0 atom stereocenters. The zero-order valence-corrected chi connectivity index (χ0v) is 16.4. The highest BCUT2D eigenvalue weighted by Gasteiger charge is 2.18. The van der Waals surface area contributed by atoms with Crippen LogP contribution >= 0.6 is 0 Å². The van der Waals surface area contributed by atoms with Gasteiger partial charge in [0, 0.05) is 18.5 Å². The molecule has 0 bridgehead atoms. The number of hydrogen-bond acceptors (Lipinski definition) is 3. The molecule has 1 saturated carbocycles. The van der Waals surface area contributed by atoms with Crippen molar-refractivity contribution in [2.45, 2.75) is 58.2 Å². The molecule has 1 amide bonds. The summed E-state index contributed by atoms with van der Waals surface area (Å²) in [6.45, 7) is 2.80. The van der Waals surface area contributed by atoms with Crippen LogP contribution in [0, 0.1) is 0 Å². The van der Waals surface area contributed by atoms with Gasteiger partial charge in [0.25, 0.3) is 0 Å². The molecule has 1 N–H and O–H groups in total. The fourth-order valence-corrected chi connectivity index (χ4v) is 3.92. The number of nitrogens with zero attached hydrogens (tertiary/aromatic N) is 2. The lowest BCUT2D eigenvalue weighted by atomic mass is 10.2. The maximum absolute atomic E-state index is 12.7. The lowest BCUT2D eigenvalue weighted by molar-refractivity contribution is -0.121. The second-order valence-electron chi connectivity index (χ2n) is 7.37. The number of carbonyl (C=O) groups is 1. The SMILES string of the molecule is CCc1nc2ccccc2n1CC(=O)NCc1ccccc1OC1CCCC1. The van der Waals surface area contributed by atoms with Crippen molar-refractivity contribution in [2.24, 2.45) is 0 Å². The standard InChI is InChI=1S/C23H27N3O2/c1-2-22-25-19-12-6-7-13-20(19)26(22)16-23(27)24-15-17-9-3-8-14-21(17)28-18-10-4-5-11-18/h3,6-9,12-14,18H,2,4-5,10-11,15-16H2,1H3,(H,24,27). The molecule has 0 saturated heterocycles. The third kappa shape index (κ3) is 4.03. The van der Waals surface area contributed by atoms with E-state index in [0.717, 1.165) is 47.4 Å². The molecule has 146 valence electrons. The van der Waals surface area contributed by atoms with E-state index in [9.17, 15) is 4.79 Å². The maximum atomic E-state index is 12.7. The van der Waals surface area contributed by atoms with Crippen LogP contribution in [0.1, 0.15) is 44.0 Å². The van der Waals surface area contributed by atoms with Gasteiger partial charge in [0.05, 0.1) is 17.1 Å².